The van der Waals surface area contributed by atoms with Gasteiger partial charge in [0.1, 0.15) is 0 Å². The van der Waals surface area contributed by atoms with Crippen LogP contribution in [-0.2, 0) is 16.4 Å². The minimum absolute atomic E-state index is 0.0522. The van der Waals surface area contributed by atoms with Gasteiger partial charge in [-0.05, 0) is 23.8 Å². The zero-order valence-electron chi connectivity index (χ0n) is 14.8. The molecular weight excluding hydrogens is 418 g/mol. The van der Waals surface area contributed by atoms with Gasteiger partial charge in [-0.1, -0.05) is 53.7 Å². The molecular formula is C19H18ClN3O3S2. The summed E-state index contributed by atoms with van der Waals surface area (Å²) in [5.74, 6) is 0.0330. The van der Waals surface area contributed by atoms with Crippen LogP contribution in [0.5, 0.6) is 0 Å². The van der Waals surface area contributed by atoms with Gasteiger partial charge in [0.25, 0.3) is 5.91 Å². The number of carbonyl (C=O) groups excluding carboxylic acids is 1. The normalized spacial score (nSPS) is 22.4. The molecule has 9 heteroatoms. The summed E-state index contributed by atoms with van der Waals surface area (Å²) in [6, 6.07) is 14.5. The Balaban J connectivity index is 1.43. The highest BCUT2D eigenvalue weighted by molar-refractivity contribution is 8.15. The monoisotopic (exact) mass is 435 g/mol. The number of benzene rings is 2. The van der Waals surface area contributed by atoms with E-state index in [-0.39, 0.29) is 28.7 Å². The Morgan fingerprint density at radius 2 is 1.96 bits per heavy atom. The summed E-state index contributed by atoms with van der Waals surface area (Å²) in [7, 11) is -2.99. The maximum atomic E-state index is 12.5. The van der Waals surface area contributed by atoms with E-state index in [9.17, 15) is 13.2 Å². The first-order valence-corrected chi connectivity index (χ1v) is 11.8. The van der Waals surface area contributed by atoms with E-state index in [1.54, 1.807) is 18.2 Å². The number of sulfone groups is 1. The molecule has 1 saturated heterocycles. The molecule has 2 aromatic carbocycles. The molecule has 2 aliphatic heterocycles. The molecule has 2 atom stereocenters. The summed E-state index contributed by atoms with van der Waals surface area (Å²) in [6.07, 6.45) is 0. The minimum atomic E-state index is -2.99. The van der Waals surface area contributed by atoms with Crippen molar-refractivity contribution in [2.24, 2.45) is 4.99 Å². The van der Waals surface area contributed by atoms with Crippen LogP contribution >= 0.6 is 23.4 Å². The maximum absolute atomic E-state index is 12.5. The fourth-order valence-corrected chi connectivity index (χ4v) is 7.01. The van der Waals surface area contributed by atoms with E-state index in [0.717, 1.165) is 5.56 Å². The van der Waals surface area contributed by atoms with Crippen LogP contribution in [-0.4, -0.2) is 42.3 Å². The second-order valence-electron chi connectivity index (χ2n) is 6.72. The van der Waals surface area contributed by atoms with Crippen LogP contribution in [0.1, 0.15) is 15.9 Å². The van der Waals surface area contributed by atoms with Gasteiger partial charge in [-0.25, -0.2) is 8.42 Å². The van der Waals surface area contributed by atoms with Crippen LogP contribution in [0, 0.1) is 0 Å². The molecule has 2 aromatic rings. The summed E-state index contributed by atoms with van der Waals surface area (Å²) >= 11 is 7.67. The molecule has 0 unspecified atom stereocenters. The van der Waals surface area contributed by atoms with Crippen molar-refractivity contribution in [1.29, 1.82) is 0 Å². The summed E-state index contributed by atoms with van der Waals surface area (Å²) in [5.41, 5.74) is 2.07. The van der Waals surface area contributed by atoms with E-state index < -0.39 is 9.84 Å². The second kappa shape index (κ2) is 7.77. The zero-order valence-corrected chi connectivity index (χ0v) is 17.2. The molecule has 6 nitrogen and oxygen atoms in total. The molecule has 0 bridgehead atoms. The lowest BCUT2D eigenvalue weighted by Gasteiger charge is -2.11. The number of anilines is 1. The topological polar surface area (TPSA) is 87.6 Å². The van der Waals surface area contributed by atoms with Crippen LogP contribution in [0.2, 0.25) is 5.02 Å². The van der Waals surface area contributed by atoms with Gasteiger partial charge in [0, 0.05) is 17.4 Å². The Morgan fingerprint density at radius 1 is 1.18 bits per heavy atom. The Kier molecular flexibility index (Phi) is 5.35. The van der Waals surface area contributed by atoms with Crippen LogP contribution in [0.15, 0.2) is 53.5 Å². The number of aliphatic imine (C=N–C) groups is 1. The Bertz CT molecular complexity index is 1040. The quantitative estimate of drug-likeness (QED) is 0.770. The Hall–Kier alpha value is -2.03. The van der Waals surface area contributed by atoms with Crippen molar-refractivity contribution in [3.8, 4) is 0 Å². The van der Waals surface area contributed by atoms with Crippen LogP contribution in [0.4, 0.5) is 5.69 Å². The van der Waals surface area contributed by atoms with E-state index in [0.29, 0.717) is 28.0 Å². The molecule has 2 N–H and O–H groups in total. The molecule has 0 spiro atoms. The van der Waals surface area contributed by atoms with Gasteiger partial charge < -0.3 is 10.6 Å². The number of amidine groups is 1. The Morgan fingerprint density at radius 3 is 2.71 bits per heavy atom. The van der Waals surface area contributed by atoms with Gasteiger partial charge in [0.15, 0.2) is 15.0 Å². The molecule has 28 heavy (non-hydrogen) atoms. The highest BCUT2D eigenvalue weighted by atomic mass is 35.5. The lowest BCUT2D eigenvalue weighted by molar-refractivity contribution is 0.0951. The maximum Gasteiger partial charge on any atom is 0.251 e. The lowest BCUT2D eigenvalue weighted by Crippen LogP contribution is -2.23. The van der Waals surface area contributed by atoms with E-state index in [4.69, 9.17) is 11.6 Å². The standard InChI is InChI=1S/C19H18ClN3O3S2/c20-14-7-6-13(18(24)21-9-12-4-2-1-3-5-12)8-15(14)22-19-23-16-10-28(25,26)11-17(16)27-19/h1-8,16-17H,9-11H2,(H,21,24)(H,22,23)/t16-,17-/m0/s1. The molecule has 146 valence electrons. The van der Waals surface area contributed by atoms with E-state index in [1.807, 2.05) is 30.3 Å². The largest absolute Gasteiger partial charge is 0.348 e. The highest BCUT2D eigenvalue weighted by Crippen LogP contribution is 2.35. The molecule has 4 rings (SSSR count). The third-order valence-electron chi connectivity index (χ3n) is 4.58. The smallest absolute Gasteiger partial charge is 0.251 e. The average molecular weight is 436 g/mol. The summed E-state index contributed by atoms with van der Waals surface area (Å²) in [5, 5.41) is 7.07. The third kappa shape index (κ3) is 4.34. The van der Waals surface area contributed by atoms with Gasteiger partial charge in [-0.15, -0.1) is 0 Å². The first-order chi connectivity index (χ1) is 13.4. The minimum Gasteiger partial charge on any atom is -0.348 e. The van der Waals surface area contributed by atoms with Crippen molar-refractivity contribution in [2.75, 3.05) is 16.8 Å². The van der Waals surface area contributed by atoms with Gasteiger partial charge >= 0.3 is 0 Å². The zero-order chi connectivity index (χ0) is 19.7. The van der Waals surface area contributed by atoms with Gasteiger partial charge in [-0.2, -0.15) is 0 Å². The average Bonchev–Trinajstić information content (AvgIpc) is 3.15. The summed E-state index contributed by atoms with van der Waals surface area (Å²) in [4.78, 5) is 16.9. The molecule has 1 amide bonds. The molecule has 1 fully saturated rings. The number of fused-ring (bicyclic) bond motifs is 1. The molecule has 0 radical (unpaired) electrons. The molecule has 2 heterocycles. The van der Waals surface area contributed by atoms with Crippen molar-refractivity contribution in [3.63, 3.8) is 0 Å². The first-order valence-electron chi connectivity index (χ1n) is 8.73. The van der Waals surface area contributed by atoms with Crippen molar-refractivity contribution in [2.45, 2.75) is 17.8 Å². The number of nitrogens with zero attached hydrogens (tertiary/aromatic N) is 1. The fourth-order valence-electron chi connectivity index (χ4n) is 3.17. The van der Waals surface area contributed by atoms with Crippen molar-refractivity contribution in [3.05, 3.63) is 64.7 Å². The van der Waals surface area contributed by atoms with Crippen LogP contribution in [0.25, 0.3) is 0 Å². The summed E-state index contributed by atoms with van der Waals surface area (Å²) < 4.78 is 23.4. The van der Waals surface area contributed by atoms with Gasteiger partial charge in [-0.3, -0.25) is 9.79 Å². The Labute approximate surface area is 172 Å². The van der Waals surface area contributed by atoms with Gasteiger partial charge in [0.2, 0.25) is 0 Å². The lowest BCUT2D eigenvalue weighted by atomic mass is 10.1. The highest BCUT2D eigenvalue weighted by Gasteiger charge is 2.42. The number of halogens is 1. The molecule has 2 aliphatic rings. The fraction of sp³-hybridized carbons (Fsp3) is 0.263. The third-order valence-corrected chi connectivity index (χ3v) is 8.06. The number of thioether (sulfide) groups is 1. The second-order valence-corrected chi connectivity index (χ2v) is 10.5. The molecule has 0 aromatic heterocycles. The molecule has 0 saturated carbocycles. The number of hydrogen-bond acceptors (Lipinski definition) is 6. The van der Waals surface area contributed by atoms with Crippen LogP contribution < -0.4 is 10.6 Å². The molecule has 0 aliphatic carbocycles. The SMILES string of the molecule is O=C(NCc1ccccc1)c1ccc(Cl)c(NC2=N[C@H]3CS(=O)(=O)C[C@@H]3S2)c1. The van der Waals surface area contributed by atoms with Crippen LogP contribution in [0.3, 0.4) is 0 Å². The van der Waals surface area contributed by atoms with E-state index in [2.05, 4.69) is 15.6 Å². The number of carbonyl (C=O) groups is 1. The van der Waals surface area contributed by atoms with E-state index in [1.165, 1.54) is 11.8 Å². The first kappa shape index (κ1) is 19.3. The van der Waals surface area contributed by atoms with Crippen molar-refractivity contribution < 1.29 is 13.2 Å². The van der Waals surface area contributed by atoms with Crippen molar-refractivity contribution in [1.82, 2.24) is 5.32 Å². The predicted molar refractivity (Wildman–Crippen MR) is 114 cm³/mol. The van der Waals surface area contributed by atoms with E-state index >= 15 is 0 Å². The number of rotatable bonds is 4. The number of hydrogen-bond donors (Lipinski definition) is 2. The number of amides is 1. The number of nitrogens with one attached hydrogen (secondary N) is 2. The predicted octanol–water partition coefficient (Wildman–Crippen LogP) is 2.95. The summed E-state index contributed by atoms with van der Waals surface area (Å²) in [6.45, 7) is 0.436. The van der Waals surface area contributed by atoms with Gasteiger partial charge in [0.05, 0.1) is 28.3 Å². The van der Waals surface area contributed by atoms with Crippen molar-refractivity contribution >= 4 is 50.0 Å².